The Hall–Kier alpha value is -1.36. The number of anilines is 2. The first-order chi connectivity index (χ1) is 10.1. The van der Waals surface area contributed by atoms with E-state index in [0.29, 0.717) is 12.5 Å². The molecule has 1 aromatic rings. The van der Waals surface area contributed by atoms with E-state index in [1.54, 1.807) is 0 Å². The molecule has 0 amide bonds. The van der Waals surface area contributed by atoms with Crippen LogP contribution in [0.3, 0.4) is 0 Å². The second-order valence-corrected chi connectivity index (χ2v) is 6.14. The zero-order valence-electron chi connectivity index (χ0n) is 13.3. The minimum atomic E-state index is -0.592. The molecule has 1 fully saturated rings. The van der Waals surface area contributed by atoms with Gasteiger partial charge in [-0.2, -0.15) is 4.98 Å². The van der Waals surface area contributed by atoms with E-state index in [1.807, 2.05) is 13.1 Å². The third-order valence-electron chi connectivity index (χ3n) is 4.12. The molecule has 1 aliphatic rings. The quantitative estimate of drug-likeness (QED) is 0.703. The zero-order chi connectivity index (χ0) is 15.1. The van der Waals surface area contributed by atoms with Crippen molar-refractivity contribution in [2.75, 3.05) is 23.7 Å². The Morgan fingerprint density at radius 2 is 1.90 bits per heavy atom. The highest BCUT2D eigenvalue weighted by atomic mass is 16.3. The third-order valence-corrected chi connectivity index (χ3v) is 4.12. The molecule has 1 aliphatic carbocycles. The molecule has 1 saturated carbocycles. The van der Waals surface area contributed by atoms with Gasteiger partial charge in [-0.15, -0.1) is 0 Å². The molecule has 0 spiro atoms. The van der Waals surface area contributed by atoms with Gasteiger partial charge in [0.2, 0.25) is 5.95 Å². The lowest BCUT2D eigenvalue weighted by molar-refractivity contribution is 0.0380. The van der Waals surface area contributed by atoms with Crippen molar-refractivity contribution < 1.29 is 5.11 Å². The molecule has 118 valence electrons. The normalized spacial score (nSPS) is 18.0. The lowest BCUT2D eigenvalue weighted by Crippen LogP contribution is -2.36. The molecular formula is C16H28N4O. The number of aromatic nitrogens is 2. The van der Waals surface area contributed by atoms with E-state index >= 15 is 0 Å². The Morgan fingerprint density at radius 1 is 1.19 bits per heavy atom. The SMILES string of the molecule is CCCNc1ncc(C)c(NCC2(O)CCCCCC2)n1. The largest absolute Gasteiger partial charge is 0.388 e. The van der Waals surface area contributed by atoms with E-state index in [2.05, 4.69) is 27.5 Å². The van der Waals surface area contributed by atoms with Crippen LogP contribution in [0, 0.1) is 6.92 Å². The topological polar surface area (TPSA) is 70.1 Å². The van der Waals surface area contributed by atoms with E-state index in [9.17, 15) is 5.11 Å². The van der Waals surface area contributed by atoms with Crippen molar-refractivity contribution >= 4 is 11.8 Å². The van der Waals surface area contributed by atoms with Crippen molar-refractivity contribution in [1.29, 1.82) is 0 Å². The minimum Gasteiger partial charge on any atom is -0.388 e. The van der Waals surface area contributed by atoms with Gasteiger partial charge < -0.3 is 15.7 Å². The molecule has 0 aromatic carbocycles. The first-order valence-electron chi connectivity index (χ1n) is 8.17. The summed E-state index contributed by atoms with van der Waals surface area (Å²) in [6.45, 7) is 5.54. The minimum absolute atomic E-state index is 0.568. The smallest absolute Gasteiger partial charge is 0.224 e. The first kappa shape index (κ1) is 16.0. The first-order valence-corrected chi connectivity index (χ1v) is 8.17. The molecular weight excluding hydrogens is 264 g/mol. The van der Waals surface area contributed by atoms with E-state index < -0.39 is 5.60 Å². The maximum atomic E-state index is 10.7. The van der Waals surface area contributed by atoms with Crippen LogP contribution in [0.15, 0.2) is 6.20 Å². The summed E-state index contributed by atoms with van der Waals surface area (Å²) in [4.78, 5) is 8.78. The van der Waals surface area contributed by atoms with Gasteiger partial charge in [0, 0.05) is 24.8 Å². The summed E-state index contributed by atoms with van der Waals surface area (Å²) in [5, 5.41) is 17.2. The van der Waals surface area contributed by atoms with Crippen LogP contribution >= 0.6 is 0 Å². The van der Waals surface area contributed by atoms with Crippen molar-refractivity contribution in [2.24, 2.45) is 0 Å². The van der Waals surface area contributed by atoms with Gasteiger partial charge in [-0.25, -0.2) is 4.98 Å². The van der Waals surface area contributed by atoms with Crippen LogP contribution in [0.4, 0.5) is 11.8 Å². The summed E-state index contributed by atoms with van der Waals surface area (Å²) in [6, 6.07) is 0. The summed E-state index contributed by atoms with van der Waals surface area (Å²) in [5.41, 5.74) is 0.416. The van der Waals surface area contributed by atoms with Crippen molar-refractivity contribution in [2.45, 2.75) is 64.4 Å². The number of nitrogens with one attached hydrogen (secondary N) is 2. The zero-order valence-corrected chi connectivity index (χ0v) is 13.3. The van der Waals surface area contributed by atoms with Gasteiger partial charge in [0.05, 0.1) is 5.60 Å². The molecule has 0 aliphatic heterocycles. The Kier molecular flexibility index (Phi) is 5.79. The van der Waals surface area contributed by atoms with Crippen molar-refractivity contribution in [3.05, 3.63) is 11.8 Å². The van der Waals surface area contributed by atoms with Crippen LogP contribution in [0.2, 0.25) is 0 Å². The highest BCUT2D eigenvalue weighted by molar-refractivity contribution is 5.46. The van der Waals surface area contributed by atoms with E-state index in [4.69, 9.17) is 0 Å². The van der Waals surface area contributed by atoms with Crippen molar-refractivity contribution in [3.8, 4) is 0 Å². The molecule has 1 heterocycles. The predicted octanol–water partition coefficient (Wildman–Crippen LogP) is 3.10. The van der Waals surface area contributed by atoms with Crippen molar-refractivity contribution in [3.63, 3.8) is 0 Å². The van der Waals surface area contributed by atoms with Gasteiger partial charge in [-0.1, -0.05) is 32.6 Å². The molecule has 5 nitrogen and oxygen atoms in total. The molecule has 1 aromatic heterocycles. The predicted molar refractivity (Wildman–Crippen MR) is 86.7 cm³/mol. The Balaban J connectivity index is 1.97. The fraction of sp³-hybridized carbons (Fsp3) is 0.750. The molecule has 0 atom stereocenters. The lowest BCUT2D eigenvalue weighted by Gasteiger charge is -2.27. The van der Waals surface area contributed by atoms with Crippen LogP contribution in [-0.2, 0) is 0 Å². The van der Waals surface area contributed by atoms with Crippen LogP contribution in [0.1, 0.15) is 57.4 Å². The van der Waals surface area contributed by atoms with Crippen LogP contribution in [0.5, 0.6) is 0 Å². The van der Waals surface area contributed by atoms with Gasteiger partial charge in [0.1, 0.15) is 5.82 Å². The highest BCUT2D eigenvalue weighted by Gasteiger charge is 2.27. The second kappa shape index (κ2) is 7.59. The molecule has 3 N–H and O–H groups in total. The molecule has 0 bridgehead atoms. The third kappa shape index (κ3) is 4.84. The van der Waals surface area contributed by atoms with Gasteiger partial charge in [0.15, 0.2) is 0 Å². The lowest BCUT2D eigenvalue weighted by atomic mass is 9.94. The van der Waals surface area contributed by atoms with Crippen LogP contribution < -0.4 is 10.6 Å². The molecule has 5 heteroatoms. The number of nitrogens with zero attached hydrogens (tertiary/aromatic N) is 2. The standard InChI is InChI=1S/C16H28N4O/c1-3-10-17-15-18-11-13(2)14(20-15)19-12-16(21)8-6-4-5-7-9-16/h11,21H,3-10,12H2,1-2H3,(H2,17,18,19,20). The van der Waals surface area contributed by atoms with E-state index in [-0.39, 0.29) is 0 Å². The fourth-order valence-electron chi connectivity index (χ4n) is 2.75. The Morgan fingerprint density at radius 3 is 2.57 bits per heavy atom. The number of aryl methyl sites for hydroxylation is 1. The number of hydrogen-bond donors (Lipinski definition) is 3. The summed E-state index contributed by atoms with van der Waals surface area (Å²) in [5.74, 6) is 1.47. The molecule has 0 unspecified atom stereocenters. The number of aliphatic hydroxyl groups is 1. The maximum absolute atomic E-state index is 10.7. The summed E-state index contributed by atoms with van der Waals surface area (Å²) < 4.78 is 0. The van der Waals surface area contributed by atoms with Gasteiger partial charge in [-0.3, -0.25) is 0 Å². The number of rotatable bonds is 6. The van der Waals surface area contributed by atoms with Gasteiger partial charge >= 0.3 is 0 Å². The highest BCUT2D eigenvalue weighted by Crippen LogP contribution is 2.27. The summed E-state index contributed by atoms with van der Waals surface area (Å²) in [7, 11) is 0. The second-order valence-electron chi connectivity index (χ2n) is 6.14. The molecule has 0 saturated heterocycles. The number of hydrogen-bond acceptors (Lipinski definition) is 5. The summed E-state index contributed by atoms with van der Waals surface area (Å²) >= 11 is 0. The van der Waals surface area contributed by atoms with Crippen LogP contribution in [-0.4, -0.2) is 33.8 Å². The average Bonchev–Trinajstić information content (AvgIpc) is 2.70. The van der Waals surface area contributed by atoms with E-state index in [0.717, 1.165) is 50.0 Å². The average molecular weight is 292 g/mol. The monoisotopic (exact) mass is 292 g/mol. The van der Waals surface area contributed by atoms with E-state index in [1.165, 1.54) is 12.8 Å². The molecule has 0 radical (unpaired) electrons. The molecule has 2 rings (SSSR count). The van der Waals surface area contributed by atoms with Gasteiger partial charge in [0.25, 0.3) is 0 Å². The Bertz CT molecular complexity index is 442. The molecule has 21 heavy (non-hydrogen) atoms. The fourth-order valence-corrected chi connectivity index (χ4v) is 2.75. The maximum Gasteiger partial charge on any atom is 0.224 e. The van der Waals surface area contributed by atoms with Crippen LogP contribution in [0.25, 0.3) is 0 Å². The van der Waals surface area contributed by atoms with Crippen molar-refractivity contribution in [1.82, 2.24) is 9.97 Å². The van der Waals surface area contributed by atoms with Gasteiger partial charge in [-0.05, 0) is 26.2 Å². The summed E-state index contributed by atoms with van der Waals surface area (Å²) in [6.07, 6.45) is 9.33. The Labute approximate surface area is 127 Å².